The van der Waals surface area contributed by atoms with Crippen molar-refractivity contribution in [1.29, 1.82) is 0 Å². The number of aromatic nitrogens is 2. The zero-order valence-corrected chi connectivity index (χ0v) is 13.4. The van der Waals surface area contributed by atoms with E-state index >= 15 is 0 Å². The fraction of sp³-hybridized carbons (Fsp3) is 0.143. The third kappa shape index (κ3) is 2.90. The number of benzene rings is 1. The van der Waals surface area contributed by atoms with Crippen molar-refractivity contribution in [2.45, 2.75) is 13.3 Å². The van der Waals surface area contributed by atoms with Crippen LogP contribution in [0.25, 0.3) is 10.8 Å². The summed E-state index contributed by atoms with van der Waals surface area (Å²) >= 11 is 13.7. The monoisotopic (exact) mass is 339 g/mol. The van der Waals surface area contributed by atoms with Gasteiger partial charge in [-0.1, -0.05) is 34.4 Å². The molecule has 2 heterocycles. The molecule has 0 bridgehead atoms. The third-order valence-corrected chi connectivity index (χ3v) is 4.76. The van der Waals surface area contributed by atoms with Gasteiger partial charge in [-0.05, 0) is 36.2 Å². The maximum atomic E-state index is 6.15. The van der Waals surface area contributed by atoms with Crippen LogP contribution in [0.15, 0.2) is 28.8 Å². The molecule has 0 fully saturated rings. The maximum Gasteiger partial charge on any atom is 0.268 e. The van der Waals surface area contributed by atoms with Gasteiger partial charge in [0.15, 0.2) is 5.82 Å². The Bertz CT molecular complexity index is 777. The Balaban J connectivity index is 1.91. The standard InChI is InChI=1S/C14H11Cl2N3OS/c1-7-5-11(17)21-13(7)14-18-12(19-20-14)6-8-9(15)3-2-4-10(8)16/h2-5H,6,17H2,1H3. The molecule has 0 saturated carbocycles. The van der Waals surface area contributed by atoms with Crippen molar-refractivity contribution in [3.8, 4) is 10.8 Å². The van der Waals surface area contributed by atoms with Crippen LogP contribution in [0, 0.1) is 6.92 Å². The minimum absolute atomic E-state index is 0.419. The molecule has 0 saturated heterocycles. The van der Waals surface area contributed by atoms with Crippen LogP contribution < -0.4 is 5.73 Å². The van der Waals surface area contributed by atoms with Crippen LogP contribution in [0.5, 0.6) is 0 Å². The van der Waals surface area contributed by atoms with Crippen molar-refractivity contribution in [2.75, 3.05) is 5.73 Å². The smallest absolute Gasteiger partial charge is 0.268 e. The average Bonchev–Trinajstić information content (AvgIpc) is 3.00. The molecule has 3 rings (SSSR count). The van der Waals surface area contributed by atoms with Crippen LogP contribution in [0.1, 0.15) is 17.0 Å². The lowest BCUT2D eigenvalue weighted by atomic mass is 10.1. The average molecular weight is 340 g/mol. The molecule has 0 radical (unpaired) electrons. The van der Waals surface area contributed by atoms with Gasteiger partial charge in [0.2, 0.25) is 0 Å². The number of nitrogen functional groups attached to an aromatic ring is 1. The molecule has 0 atom stereocenters. The van der Waals surface area contributed by atoms with Gasteiger partial charge in [-0.25, -0.2) is 0 Å². The Morgan fingerprint density at radius 3 is 2.62 bits per heavy atom. The molecule has 0 aliphatic carbocycles. The zero-order chi connectivity index (χ0) is 15.0. The van der Waals surface area contributed by atoms with Gasteiger partial charge in [-0.3, -0.25) is 0 Å². The summed E-state index contributed by atoms with van der Waals surface area (Å²) in [4.78, 5) is 5.28. The predicted octanol–water partition coefficient (Wildman–Crippen LogP) is 4.59. The van der Waals surface area contributed by atoms with Crippen molar-refractivity contribution in [3.05, 3.63) is 51.3 Å². The molecule has 2 aromatic heterocycles. The van der Waals surface area contributed by atoms with E-state index < -0.39 is 0 Å². The molecule has 4 nitrogen and oxygen atoms in total. The molecule has 108 valence electrons. The Morgan fingerprint density at radius 1 is 1.29 bits per heavy atom. The lowest BCUT2D eigenvalue weighted by molar-refractivity contribution is 0.424. The molecule has 0 unspecified atom stereocenters. The second-order valence-electron chi connectivity index (χ2n) is 4.55. The topological polar surface area (TPSA) is 64.9 Å². The summed E-state index contributed by atoms with van der Waals surface area (Å²) in [5, 5.41) is 5.88. The summed E-state index contributed by atoms with van der Waals surface area (Å²) < 4.78 is 5.30. The van der Waals surface area contributed by atoms with Gasteiger partial charge in [0.1, 0.15) is 0 Å². The highest BCUT2D eigenvalue weighted by atomic mass is 35.5. The fourth-order valence-electron chi connectivity index (χ4n) is 2.00. The Kier molecular flexibility index (Phi) is 3.89. The molecule has 0 amide bonds. The van der Waals surface area contributed by atoms with E-state index in [0.717, 1.165) is 21.0 Å². The number of anilines is 1. The van der Waals surface area contributed by atoms with Gasteiger partial charge in [0.05, 0.1) is 9.88 Å². The number of hydrogen-bond donors (Lipinski definition) is 1. The Labute approximate surface area is 135 Å². The van der Waals surface area contributed by atoms with E-state index in [4.69, 9.17) is 33.5 Å². The summed E-state index contributed by atoms with van der Waals surface area (Å²) in [5.74, 6) is 0.999. The number of halogens is 2. The van der Waals surface area contributed by atoms with Crippen molar-refractivity contribution in [3.63, 3.8) is 0 Å². The molecule has 7 heteroatoms. The minimum atomic E-state index is 0.419. The highest BCUT2D eigenvalue weighted by molar-refractivity contribution is 7.19. The van der Waals surface area contributed by atoms with Crippen molar-refractivity contribution in [2.24, 2.45) is 0 Å². The number of aryl methyl sites for hydroxylation is 1. The van der Waals surface area contributed by atoms with Gasteiger partial charge in [0, 0.05) is 16.5 Å². The molecule has 0 spiro atoms. The molecule has 0 aliphatic rings. The zero-order valence-electron chi connectivity index (χ0n) is 11.1. The summed E-state index contributed by atoms with van der Waals surface area (Å²) in [6.07, 6.45) is 0.419. The van der Waals surface area contributed by atoms with Crippen molar-refractivity contribution in [1.82, 2.24) is 10.1 Å². The Hall–Kier alpha value is -1.56. The second-order valence-corrected chi connectivity index (χ2v) is 6.45. The first-order valence-electron chi connectivity index (χ1n) is 6.16. The molecule has 21 heavy (non-hydrogen) atoms. The van der Waals surface area contributed by atoms with E-state index in [1.165, 1.54) is 11.3 Å². The van der Waals surface area contributed by atoms with Crippen LogP contribution in [0.4, 0.5) is 5.00 Å². The van der Waals surface area contributed by atoms with Crippen LogP contribution in [0.2, 0.25) is 10.0 Å². The minimum Gasteiger partial charge on any atom is -0.391 e. The number of hydrogen-bond acceptors (Lipinski definition) is 5. The van der Waals surface area contributed by atoms with Crippen LogP contribution in [0.3, 0.4) is 0 Å². The summed E-state index contributed by atoms with van der Waals surface area (Å²) in [6.45, 7) is 1.96. The molecule has 1 aromatic carbocycles. The first kappa shape index (κ1) is 14.4. The molecule has 0 aliphatic heterocycles. The predicted molar refractivity (Wildman–Crippen MR) is 86.0 cm³/mol. The third-order valence-electron chi connectivity index (χ3n) is 3.00. The number of nitrogens with two attached hydrogens (primary N) is 1. The first-order chi connectivity index (χ1) is 10.0. The maximum absolute atomic E-state index is 6.15. The largest absolute Gasteiger partial charge is 0.391 e. The quantitative estimate of drug-likeness (QED) is 0.757. The molecular weight excluding hydrogens is 329 g/mol. The SMILES string of the molecule is Cc1cc(N)sc1-c1nc(Cc2c(Cl)cccc2Cl)no1. The highest BCUT2D eigenvalue weighted by Crippen LogP contribution is 2.33. The number of thiophene rings is 1. The number of rotatable bonds is 3. The summed E-state index contributed by atoms with van der Waals surface area (Å²) in [5.41, 5.74) is 7.59. The van der Waals surface area contributed by atoms with Gasteiger partial charge in [-0.2, -0.15) is 4.98 Å². The normalized spacial score (nSPS) is 11.0. The van der Waals surface area contributed by atoms with Gasteiger partial charge in [0.25, 0.3) is 5.89 Å². The van der Waals surface area contributed by atoms with E-state index in [9.17, 15) is 0 Å². The van der Waals surface area contributed by atoms with Gasteiger partial charge in [-0.15, -0.1) is 11.3 Å². The van der Waals surface area contributed by atoms with Crippen LogP contribution in [-0.4, -0.2) is 10.1 Å². The van der Waals surface area contributed by atoms with E-state index in [1.54, 1.807) is 18.2 Å². The second kappa shape index (κ2) is 5.67. The molecule has 2 N–H and O–H groups in total. The van der Waals surface area contributed by atoms with Gasteiger partial charge >= 0.3 is 0 Å². The Morgan fingerprint density at radius 2 is 2.00 bits per heavy atom. The molecule has 3 aromatic rings. The summed E-state index contributed by atoms with van der Waals surface area (Å²) in [7, 11) is 0. The van der Waals surface area contributed by atoms with Crippen LogP contribution >= 0.6 is 34.5 Å². The van der Waals surface area contributed by atoms with Crippen LogP contribution in [-0.2, 0) is 6.42 Å². The summed E-state index contributed by atoms with van der Waals surface area (Å²) in [6, 6.07) is 7.25. The molecular formula is C14H11Cl2N3OS. The number of nitrogens with zero attached hydrogens (tertiary/aromatic N) is 2. The van der Waals surface area contributed by atoms with E-state index in [-0.39, 0.29) is 0 Å². The van der Waals surface area contributed by atoms with E-state index in [0.29, 0.717) is 28.2 Å². The fourth-order valence-corrected chi connectivity index (χ4v) is 3.39. The van der Waals surface area contributed by atoms with E-state index in [2.05, 4.69) is 10.1 Å². The lowest BCUT2D eigenvalue weighted by Gasteiger charge is -2.02. The lowest BCUT2D eigenvalue weighted by Crippen LogP contribution is -1.93. The van der Waals surface area contributed by atoms with E-state index in [1.807, 2.05) is 13.0 Å². The first-order valence-corrected chi connectivity index (χ1v) is 7.73. The van der Waals surface area contributed by atoms with Gasteiger partial charge < -0.3 is 10.3 Å². The van der Waals surface area contributed by atoms with Crippen molar-refractivity contribution < 1.29 is 4.52 Å². The highest BCUT2D eigenvalue weighted by Gasteiger charge is 2.16. The van der Waals surface area contributed by atoms with Crippen molar-refractivity contribution >= 4 is 39.5 Å².